The number of carbonyl (C=O) groups is 1. The highest BCUT2D eigenvalue weighted by molar-refractivity contribution is 7.98. The van der Waals surface area contributed by atoms with Gasteiger partial charge in [0.2, 0.25) is 0 Å². The van der Waals surface area contributed by atoms with Crippen molar-refractivity contribution < 1.29 is 14.6 Å². The standard InChI is InChI=1S/C18H14N2O3S/c1-23-14-9-5-8-12-16-13(10-24-17(12)14)15(18(21)22)19-20(16)11-6-3-2-4-7-11/h2-9H,10H2,1H3,(H,21,22). The highest BCUT2D eigenvalue weighted by Gasteiger charge is 2.30. The Balaban J connectivity index is 2.03. The van der Waals surface area contributed by atoms with Gasteiger partial charge in [0.25, 0.3) is 0 Å². The van der Waals surface area contributed by atoms with E-state index in [-0.39, 0.29) is 5.69 Å². The van der Waals surface area contributed by atoms with Crippen LogP contribution < -0.4 is 4.74 Å². The van der Waals surface area contributed by atoms with Crippen molar-refractivity contribution in [2.24, 2.45) is 0 Å². The van der Waals surface area contributed by atoms with Crippen LogP contribution >= 0.6 is 11.8 Å². The van der Waals surface area contributed by atoms with Crippen LogP contribution in [0.5, 0.6) is 5.75 Å². The molecular weight excluding hydrogens is 324 g/mol. The van der Waals surface area contributed by atoms with E-state index in [0.717, 1.165) is 33.2 Å². The summed E-state index contributed by atoms with van der Waals surface area (Å²) in [6, 6.07) is 15.4. The van der Waals surface area contributed by atoms with Crippen molar-refractivity contribution in [1.82, 2.24) is 9.78 Å². The predicted octanol–water partition coefficient (Wildman–Crippen LogP) is 3.85. The van der Waals surface area contributed by atoms with E-state index in [0.29, 0.717) is 5.75 Å². The quantitative estimate of drug-likeness (QED) is 0.786. The number of aromatic carboxylic acids is 1. The van der Waals surface area contributed by atoms with Crippen LogP contribution in [0.1, 0.15) is 16.1 Å². The van der Waals surface area contributed by atoms with E-state index in [4.69, 9.17) is 4.74 Å². The Morgan fingerprint density at radius 1 is 1.21 bits per heavy atom. The Morgan fingerprint density at radius 3 is 2.71 bits per heavy atom. The Bertz CT molecular complexity index is 935. The molecule has 0 radical (unpaired) electrons. The highest BCUT2D eigenvalue weighted by atomic mass is 32.2. The molecule has 2 aromatic carbocycles. The summed E-state index contributed by atoms with van der Waals surface area (Å²) < 4.78 is 7.18. The molecular formula is C18H14N2O3S. The number of hydrogen-bond acceptors (Lipinski definition) is 4. The van der Waals surface area contributed by atoms with Gasteiger partial charge in [-0.3, -0.25) is 0 Å². The van der Waals surface area contributed by atoms with Gasteiger partial charge in [-0.15, -0.1) is 11.8 Å². The molecule has 0 bridgehead atoms. The molecule has 0 saturated heterocycles. The van der Waals surface area contributed by atoms with Gasteiger partial charge >= 0.3 is 5.97 Å². The van der Waals surface area contributed by atoms with Gasteiger partial charge in [0, 0.05) is 16.9 Å². The fourth-order valence-corrected chi connectivity index (χ4v) is 4.12. The van der Waals surface area contributed by atoms with Crippen molar-refractivity contribution in [2.45, 2.75) is 10.6 Å². The van der Waals surface area contributed by atoms with Gasteiger partial charge in [-0.25, -0.2) is 9.48 Å². The van der Waals surface area contributed by atoms with Crippen LogP contribution in [0.2, 0.25) is 0 Å². The summed E-state index contributed by atoms with van der Waals surface area (Å²) in [6.07, 6.45) is 0. The van der Waals surface area contributed by atoms with Gasteiger partial charge in [-0.2, -0.15) is 5.10 Å². The van der Waals surface area contributed by atoms with Crippen molar-refractivity contribution in [3.05, 3.63) is 59.8 Å². The number of benzene rings is 2. The number of para-hydroxylation sites is 1. The Hall–Kier alpha value is -2.73. The van der Waals surface area contributed by atoms with Crippen molar-refractivity contribution >= 4 is 17.7 Å². The molecule has 0 atom stereocenters. The first-order valence-electron chi connectivity index (χ1n) is 7.41. The van der Waals surface area contributed by atoms with E-state index in [9.17, 15) is 9.90 Å². The minimum atomic E-state index is -1.01. The second-order valence-corrected chi connectivity index (χ2v) is 6.34. The average molecular weight is 338 g/mol. The fraction of sp³-hybridized carbons (Fsp3) is 0.111. The maximum absolute atomic E-state index is 11.6. The summed E-state index contributed by atoms with van der Waals surface area (Å²) in [5.74, 6) is 0.339. The summed E-state index contributed by atoms with van der Waals surface area (Å²) in [5.41, 5.74) is 3.46. The van der Waals surface area contributed by atoms with Crippen molar-refractivity contribution in [2.75, 3.05) is 7.11 Å². The molecule has 0 fully saturated rings. The molecule has 3 aromatic rings. The first kappa shape index (κ1) is 14.8. The molecule has 0 aliphatic carbocycles. The van der Waals surface area contributed by atoms with E-state index in [1.165, 1.54) is 0 Å². The van der Waals surface area contributed by atoms with Gasteiger partial charge in [0.05, 0.1) is 23.4 Å². The maximum atomic E-state index is 11.6. The summed E-state index contributed by atoms with van der Waals surface area (Å²) >= 11 is 1.58. The number of aromatic nitrogens is 2. The van der Waals surface area contributed by atoms with E-state index in [2.05, 4.69) is 5.10 Å². The first-order chi connectivity index (χ1) is 11.7. The average Bonchev–Trinajstić information content (AvgIpc) is 3.02. The lowest BCUT2D eigenvalue weighted by atomic mass is 10.0. The molecule has 0 spiro atoms. The predicted molar refractivity (Wildman–Crippen MR) is 92.1 cm³/mol. The minimum Gasteiger partial charge on any atom is -0.496 e. The SMILES string of the molecule is COc1cccc2c1SCc1c(C(=O)O)nn(-c3ccccc3)c1-2. The van der Waals surface area contributed by atoms with E-state index in [1.807, 2.05) is 48.5 Å². The summed E-state index contributed by atoms with van der Waals surface area (Å²) in [5, 5.41) is 13.9. The molecule has 0 saturated carbocycles. The molecule has 0 amide bonds. The van der Waals surface area contributed by atoms with E-state index < -0.39 is 5.97 Å². The number of carboxylic acids is 1. The van der Waals surface area contributed by atoms with Crippen LogP contribution in [0.25, 0.3) is 16.9 Å². The third kappa shape index (κ3) is 2.18. The monoisotopic (exact) mass is 338 g/mol. The Labute approximate surface area is 142 Å². The topological polar surface area (TPSA) is 64.3 Å². The van der Waals surface area contributed by atoms with Gasteiger partial charge in [-0.05, 0) is 18.2 Å². The molecule has 1 aliphatic rings. The zero-order valence-electron chi connectivity index (χ0n) is 12.9. The molecule has 6 heteroatoms. The molecule has 4 rings (SSSR count). The van der Waals surface area contributed by atoms with Crippen LogP contribution in [0, 0.1) is 0 Å². The second-order valence-electron chi connectivity index (χ2n) is 5.35. The van der Waals surface area contributed by atoms with Crippen LogP contribution in [0.3, 0.4) is 0 Å². The number of hydrogen-bond donors (Lipinski definition) is 1. The van der Waals surface area contributed by atoms with Crippen LogP contribution in [-0.2, 0) is 5.75 Å². The molecule has 1 aromatic heterocycles. The second kappa shape index (κ2) is 5.72. The van der Waals surface area contributed by atoms with Crippen molar-refractivity contribution in [3.63, 3.8) is 0 Å². The largest absolute Gasteiger partial charge is 0.496 e. The number of ether oxygens (including phenoxy) is 1. The molecule has 2 heterocycles. The molecule has 1 N–H and O–H groups in total. The number of nitrogens with zero attached hydrogens (tertiary/aromatic N) is 2. The molecule has 5 nitrogen and oxygen atoms in total. The van der Waals surface area contributed by atoms with Gasteiger partial charge < -0.3 is 9.84 Å². The summed E-state index contributed by atoms with van der Waals surface area (Å²) in [7, 11) is 1.64. The first-order valence-corrected chi connectivity index (χ1v) is 8.40. The van der Waals surface area contributed by atoms with Gasteiger partial charge in [0.1, 0.15) is 5.75 Å². The lowest BCUT2D eigenvalue weighted by Gasteiger charge is -2.20. The summed E-state index contributed by atoms with van der Waals surface area (Å²) in [6.45, 7) is 0. The van der Waals surface area contributed by atoms with Crippen LogP contribution in [0.15, 0.2) is 53.4 Å². The number of rotatable bonds is 3. The fourth-order valence-electron chi connectivity index (χ4n) is 2.95. The van der Waals surface area contributed by atoms with Crippen molar-refractivity contribution in [1.29, 1.82) is 0 Å². The number of thioether (sulfide) groups is 1. The lowest BCUT2D eigenvalue weighted by Crippen LogP contribution is -2.04. The van der Waals surface area contributed by atoms with Crippen molar-refractivity contribution in [3.8, 4) is 22.7 Å². The maximum Gasteiger partial charge on any atom is 0.356 e. The normalized spacial score (nSPS) is 12.4. The third-order valence-electron chi connectivity index (χ3n) is 4.00. The Kier molecular flexibility index (Phi) is 3.54. The van der Waals surface area contributed by atoms with E-state index in [1.54, 1.807) is 23.6 Å². The summed E-state index contributed by atoms with van der Waals surface area (Å²) in [4.78, 5) is 12.7. The highest BCUT2D eigenvalue weighted by Crippen LogP contribution is 2.47. The number of fused-ring (bicyclic) bond motifs is 3. The number of carboxylic acid groups (broad SMARTS) is 1. The van der Waals surface area contributed by atoms with Gasteiger partial charge in [0.15, 0.2) is 5.69 Å². The molecule has 0 unspecified atom stereocenters. The van der Waals surface area contributed by atoms with Crippen LogP contribution in [-0.4, -0.2) is 28.0 Å². The molecule has 1 aliphatic heterocycles. The van der Waals surface area contributed by atoms with Crippen LogP contribution in [0.4, 0.5) is 0 Å². The molecule has 24 heavy (non-hydrogen) atoms. The third-order valence-corrected chi connectivity index (χ3v) is 5.14. The van der Waals surface area contributed by atoms with E-state index >= 15 is 0 Å². The number of methoxy groups -OCH3 is 1. The minimum absolute atomic E-state index is 0.106. The molecule has 120 valence electrons. The zero-order chi connectivity index (χ0) is 16.7. The smallest absolute Gasteiger partial charge is 0.356 e. The zero-order valence-corrected chi connectivity index (χ0v) is 13.7. The Morgan fingerprint density at radius 2 is 2.00 bits per heavy atom. The lowest BCUT2D eigenvalue weighted by molar-refractivity contribution is 0.0689. The van der Waals surface area contributed by atoms with Gasteiger partial charge in [-0.1, -0.05) is 30.3 Å².